The molecule has 0 saturated carbocycles. The van der Waals surface area contributed by atoms with Gasteiger partial charge in [-0.15, -0.1) is 0 Å². The maximum absolute atomic E-state index is 12.1. The van der Waals surface area contributed by atoms with Gasteiger partial charge in [0, 0.05) is 6.07 Å². The molecule has 0 spiro atoms. The van der Waals surface area contributed by atoms with E-state index in [9.17, 15) is 9.59 Å². The molecule has 6 heteroatoms. The fourth-order valence-electron chi connectivity index (χ4n) is 2.07. The second-order valence-electron chi connectivity index (χ2n) is 4.46. The summed E-state index contributed by atoms with van der Waals surface area (Å²) in [6, 6.07) is 4.67. The van der Waals surface area contributed by atoms with E-state index in [0.717, 1.165) is 0 Å². The van der Waals surface area contributed by atoms with Crippen LogP contribution in [0.5, 0.6) is 11.5 Å². The molecule has 1 aromatic carbocycles. The lowest BCUT2D eigenvalue weighted by Gasteiger charge is -2.05. The highest BCUT2D eigenvalue weighted by Gasteiger charge is 2.23. The summed E-state index contributed by atoms with van der Waals surface area (Å²) in [5.74, 6) is 0.511. The zero-order valence-electron chi connectivity index (χ0n) is 10.9. The summed E-state index contributed by atoms with van der Waals surface area (Å²) in [7, 11) is 0. The van der Waals surface area contributed by atoms with Gasteiger partial charge in [0.2, 0.25) is 5.78 Å². The van der Waals surface area contributed by atoms with E-state index >= 15 is 0 Å². The van der Waals surface area contributed by atoms with Gasteiger partial charge in [0.1, 0.15) is 22.8 Å². The average molecular weight is 273 g/mol. The van der Waals surface area contributed by atoms with E-state index < -0.39 is 5.97 Å². The predicted molar refractivity (Wildman–Crippen MR) is 67.2 cm³/mol. The van der Waals surface area contributed by atoms with Crippen LogP contribution in [0.1, 0.15) is 32.2 Å². The normalized spacial score (nSPS) is 13.0. The lowest BCUT2D eigenvalue weighted by molar-refractivity contribution is 0.0731. The number of nitrogens with zero attached hydrogens (tertiary/aromatic N) is 1. The number of aromatic nitrogens is 1. The van der Waals surface area contributed by atoms with Crippen LogP contribution < -0.4 is 9.47 Å². The minimum atomic E-state index is -0.550. The maximum atomic E-state index is 12.1. The molecule has 0 amide bonds. The zero-order valence-corrected chi connectivity index (χ0v) is 10.9. The largest absolute Gasteiger partial charge is 0.485 e. The average Bonchev–Trinajstić information content (AvgIpc) is 2.93. The second-order valence-corrected chi connectivity index (χ2v) is 4.46. The van der Waals surface area contributed by atoms with Crippen LogP contribution in [-0.4, -0.2) is 23.5 Å². The summed E-state index contributed by atoms with van der Waals surface area (Å²) in [6.45, 7) is 3.33. The molecule has 0 N–H and O–H groups in total. The molecule has 0 unspecified atom stereocenters. The monoisotopic (exact) mass is 273 g/mol. The number of carbonyl (C=O) groups is 2. The Balaban J connectivity index is 1.86. The maximum Gasteiger partial charge on any atom is 0.349 e. The van der Waals surface area contributed by atoms with Gasteiger partial charge in [0.15, 0.2) is 6.61 Å². The lowest BCUT2D eigenvalue weighted by Crippen LogP contribution is -2.10. The van der Waals surface area contributed by atoms with Crippen molar-refractivity contribution in [3.05, 3.63) is 40.8 Å². The van der Waals surface area contributed by atoms with Gasteiger partial charge < -0.3 is 14.0 Å². The first kappa shape index (κ1) is 12.4. The SMILES string of the molecule is Cc1noc(C)c1C(=O)Oc1ccc2c(c1)OCC2=O. The minimum absolute atomic E-state index is 0.0244. The van der Waals surface area contributed by atoms with E-state index in [1.165, 1.54) is 6.07 Å². The summed E-state index contributed by atoms with van der Waals surface area (Å²) in [6.07, 6.45) is 0. The van der Waals surface area contributed by atoms with Gasteiger partial charge >= 0.3 is 5.97 Å². The van der Waals surface area contributed by atoms with Gasteiger partial charge in [-0.25, -0.2) is 4.79 Å². The highest BCUT2D eigenvalue weighted by atomic mass is 16.5. The highest BCUT2D eigenvalue weighted by molar-refractivity contribution is 6.02. The molecular weight excluding hydrogens is 262 g/mol. The summed E-state index contributed by atoms with van der Waals surface area (Å²) in [5, 5.41) is 3.70. The minimum Gasteiger partial charge on any atom is -0.485 e. The first-order valence-corrected chi connectivity index (χ1v) is 6.01. The number of hydrogen-bond acceptors (Lipinski definition) is 6. The van der Waals surface area contributed by atoms with E-state index in [1.807, 2.05) is 0 Å². The molecule has 102 valence electrons. The zero-order chi connectivity index (χ0) is 14.3. The molecule has 6 nitrogen and oxygen atoms in total. The van der Waals surface area contributed by atoms with Crippen molar-refractivity contribution in [1.82, 2.24) is 5.16 Å². The van der Waals surface area contributed by atoms with Crippen molar-refractivity contribution in [1.29, 1.82) is 0 Å². The molecule has 0 radical (unpaired) electrons. The van der Waals surface area contributed by atoms with Crippen LogP contribution in [0.3, 0.4) is 0 Å². The molecule has 1 aliphatic heterocycles. The second kappa shape index (κ2) is 4.48. The number of esters is 1. The van der Waals surface area contributed by atoms with Gasteiger partial charge in [0.05, 0.1) is 11.3 Å². The quantitative estimate of drug-likeness (QED) is 0.615. The lowest BCUT2D eigenvalue weighted by atomic mass is 10.1. The molecule has 0 bridgehead atoms. The first-order chi connectivity index (χ1) is 9.56. The molecule has 0 atom stereocenters. The molecule has 2 heterocycles. The standard InChI is InChI=1S/C14H11NO5/c1-7-13(8(2)20-15-7)14(17)19-9-3-4-10-11(16)6-18-12(10)5-9/h3-5H,6H2,1-2H3. The Morgan fingerprint density at radius 1 is 1.35 bits per heavy atom. The van der Waals surface area contributed by atoms with Crippen LogP contribution >= 0.6 is 0 Å². The molecule has 0 aliphatic carbocycles. The molecule has 0 saturated heterocycles. The van der Waals surface area contributed by atoms with Crippen molar-refractivity contribution in [2.45, 2.75) is 13.8 Å². The van der Waals surface area contributed by atoms with E-state index in [1.54, 1.807) is 26.0 Å². The number of rotatable bonds is 2. The van der Waals surface area contributed by atoms with Gasteiger partial charge in [0.25, 0.3) is 0 Å². The van der Waals surface area contributed by atoms with Crippen molar-refractivity contribution >= 4 is 11.8 Å². The number of benzene rings is 1. The van der Waals surface area contributed by atoms with Crippen LogP contribution in [0.4, 0.5) is 0 Å². The Hall–Kier alpha value is -2.63. The molecule has 1 aliphatic rings. The van der Waals surface area contributed by atoms with Crippen molar-refractivity contribution in [3.63, 3.8) is 0 Å². The number of ketones is 1. The van der Waals surface area contributed by atoms with E-state index in [4.69, 9.17) is 14.0 Å². The molecule has 20 heavy (non-hydrogen) atoms. The highest BCUT2D eigenvalue weighted by Crippen LogP contribution is 2.30. The number of ether oxygens (including phenoxy) is 2. The predicted octanol–water partition coefficient (Wildman–Crippen LogP) is 2.09. The smallest absolute Gasteiger partial charge is 0.349 e. The van der Waals surface area contributed by atoms with Crippen molar-refractivity contribution in [2.24, 2.45) is 0 Å². The third-order valence-corrected chi connectivity index (χ3v) is 3.06. The van der Waals surface area contributed by atoms with Crippen LogP contribution in [0, 0.1) is 13.8 Å². The number of aryl methyl sites for hydroxylation is 2. The Kier molecular flexibility index (Phi) is 2.78. The van der Waals surface area contributed by atoms with E-state index in [2.05, 4.69) is 5.16 Å². The van der Waals surface area contributed by atoms with E-state index in [-0.39, 0.29) is 12.4 Å². The van der Waals surface area contributed by atoms with Crippen LogP contribution in [0.15, 0.2) is 22.7 Å². The van der Waals surface area contributed by atoms with Gasteiger partial charge in [-0.2, -0.15) is 0 Å². The van der Waals surface area contributed by atoms with Gasteiger partial charge in [-0.05, 0) is 26.0 Å². The molecule has 0 fully saturated rings. The van der Waals surface area contributed by atoms with Crippen LogP contribution in [0.2, 0.25) is 0 Å². The van der Waals surface area contributed by atoms with Crippen LogP contribution in [0.25, 0.3) is 0 Å². The first-order valence-electron chi connectivity index (χ1n) is 6.01. The van der Waals surface area contributed by atoms with Crippen molar-refractivity contribution < 1.29 is 23.6 Å². The molecule has 3 rings (SSSR count). The van der Waals surface area contributed by atoms with Gasteiger partial charge in [-0.1, -0.05) is 5.16 Å². The summed E-state index contributed by atoms with van der Waals surface area (Å²) >= 11 is 0. The van der Waals surface area contributed by atoms with Gasteiger partial charge in [-0.3, -0.25) is 4.79 Å². The Morgan fingerprint density at radius 2 is 2.15 bits per heavy atom. The number of Topliss-reactive ketones (excluding diaryl/α,β-unsaturated/α-hetero) is 1. The fraction of sp³-hybridized carbons (Fsp3) is 0.214. The Labute approximate surface area is 114 Å². The fourth-order valence-corrected chi connectivity index (χ4v) is 2.07. The molecular formula is C14H11NO5. The topological polar surface area (TPSA) is 78.6 Å². The van der Waals surface area contributed by atoms with Crippen molar-refractivity contribution in [3.8, 4) is 11.5 Å². The number of fused-ring (bicyclic) bond motifs is 1. The summed E-state index contributed by atoms with van der Waals surface area (Å²) in [5.41, 5.74) is 1.28. The summed E-state index contributed by atoms with van der Waals surface area (Å²) in [4.78, 5) is 23.5. The molecule has 1 aromatic heterocycles. The Morgan fingerprint density at radius 3 is 2.85 bits per heavy atom. The number of hydrogen-bond donors (Lipinski definition) is 0. The Bertz CT molecular complexity index is 697. The third-order valence-electron chi connectivity index (χ3n) is 3.06. The van der Waals surface area contributed by atoms with Crippen LogP contribution in [-0.2, 0) is 0 Å². The number of carbonyl (C=O) groups excluding carboxylic acids is 2. The third kappa shape index (κ3) is 1.95. The molecule has 2 aromatic rings. The van der Waals surface area contributed by atoms with E-state index in [0.29, 0.717) is 34.1 Å². The van der Waals surface area contributed by atoms with Crippen molar-refractivity contribution in [2.75, 3.05) is 6.61 Å². The summed E-state index contributed by atoms with van der Waals surface area (Å²) < 4.78 is 15.4.